The van der Waals surface area contributed by atoms with E-state index in [9.17, 15) is 9.59 Å². The van der Waals surface area contributed by atoms with Gasteiger partial charge in [0.05, 0.1) is 12.6 Å². The Kier molecular flexibility index (Phi) is 4.44. The summed E-state index contributed by atoms with van der Waals surface area (Å²) in [5.41, 5.74) is 1.26. The minimum absolute atomic E-state index is 0.262. The van der Waals surface area contributed by atoms with Gasteiger partial charge in [-0.05, 0) is 28.3 Å². The monoisotopic (exact) mass is 294 g/mol. The number of urea groups is 1. The molecule has 1 aromatic heterocycles. The van der Waals surface area contributed by atoms with E-state index in [-0.39, 0.29) is 17.9 Å². The van der Waals surface area contributed by atoms with Gasteiger partial charge in [0.25, 0.3) is 0 Å². The SMILES string of the molecule is C=C1NC(=O)N[C@H](c2ccsc2)[C@H]1C(=O)OCC(C)C. The van der Waals surface area contributed by atoms with Crippen LogP contribution in [0.5, 0.6) is 0 Å². The molecule has 0 radical (unpaired) electrons. The number of amides is 2. The highest BCUT2D eigenvalue weighted by atomic mass is 32.1. The molecule has 5 nitrogen and oxygen atoms in total. The second-order valence-corrected chi connectivity index (χ2v) is 5.94. The van der Waals surface area contributed by atoms with Gasteiger partial charge in [0.15, 0.2) is 0 Å². The van der Waals surface area contributed by atoms with E-state index in [0.29, 0.717) is 12.3 Å². The molecule has 2 N–H and O–H groups in total. The van der Waals surface area contributed by atoms with E-state index in [1.807, 2.05) is 30.7 Å². The Morgan fingerprint density at radius 3 is 2.90 bits per heavy atom. The van der Waals surface area contributed by atoms with Crippen molar-refractivity contribution in [2.75, 3.05) is 6.61 Å². The molecule has 2 heterocycles. The Labute approximate surface area is 122 Å². The number of thiophene rings is 1. The Hall–Kier alpha value is -1.82. The van der Waals surface area contributed by atoms with Crippen molar-refractivity contribution < 1.29 is 14.3 Å². The molecule has 0 spiro atoms. The largest absolute Gasteiger partial charge is 0.465 e. The molecule has 108 valence electrons. The lowest BCUT2D eigenvalue weighted by Gasteiger charge is -2.32. The number of esters is 1. The molecule has 0 bridgehead atoms. The normalized spacial score (nSPS) is 22.4. The Morgan fingerprint density at radius 2 is 2.30 bits per heavy atom. The van der Waals surface area contributed by atoms with Gasteiger partial charge in [-0.15, -0.1) is 0 Å². The van der Waals surface area contributed by atoms with E-state index in [2.05, 4.69) is 17.2 Å². The highest BCUT2D eigenvalue weighted by Crippen LogP contribution is 2.31. The fourth-order valence-electron chi connectivity index (χ4n) is 2.03. The molecule has 0 aromatic carbocycles. The topological polar surface area (TPSA) is 67.4 Å². The van der Waals surface area contributed by atoms with Gasteiger partial charge in [-0.3, -0.25) is 4.79 Å². The summed E-state index contributed by atoms with van der Waals surface area (Å²) in [4.78, 5) is 23.8. The number of rotatable bonds is 4. The Balaban J connectivity index is 2.19. The van der Waals surface area contributed by atoms with Crippen molar-refractivity contribution in [3.05, 3.63) is 34.7 Å². The molecule has 1 aliphatic rings. The molecule has 1 aromatic rings. The number of hydrogen-bond donors (Lipinski definition) is 2. The van der Waals surface area contributed by atoms with Gasteiger partial charge >= 0.3 is 12.0 Å². The zero-order valence-corrected chi connectivity index (χ0v) is 12.3. The van der Waals surface area contributed by atoms with Crippen LogP contribution in [-0.2, 0) is 9.53 Å². The zero-order valence-electron chi connectivity index (χ0n) is 11.5. The van der Waals surface area contributed by atoms with E-state index in [1.165, 1.54) is 11.3 Å². The average molecular weight is 294 g/mol. The minimum atomic E-state index is -0.610. The second-order valence-electron chi connectivity index (χ2n) is 5.16. The fourth-order valence-corrected chi connectivity index (χ4v) is 2.73. The minimum Gasteiger partial charge on any atom is -0.465 e. The van der Waals surface area contributed by atoms with Crippen molar-refractivity contribution in [2.45, 2.75) is 19.9 Å². The summed E-state index contributed by atoms with van der Waals surface area (Å²) < 4.78 is 5.29. The predicted molar refractivity (Wildman–Crippen MR) is 77.2 cm³/mol. The van der Waals surface area contributed by atoms with Crippen LogP contribution in [0.15, 0.2) is 29.1 Å². The van der Waals surface area contributed by atoms with Crippen molar-refractivity contribution >= 4 is 23.3 Å². The second kappa shape index (κ2) is 6.09. The first kappa shape index (κ1) is 14.6. The summed E-state index contributed by atoms with van der Waals surface area (Å²) in [6, 6.07) is 1.11. The standard InChI is InChI=1S/C14H18N2O3S/c1-8(2)6-19-13(17)11-9(3)15-14(18)16-12(11)10-4-5-20-7-10/h4-5,7-8,11-12H,3,6H2,1-2H3,(H2,15,16,18)/t11-,12+/m0/s1. The summed E-state index contributed by atoms with van der Waals surface area (Å²) in [6.45, 7) is 8.08. The van der Waals surface area contributed by atoms with Crippen molar-refractivity contribution in [2.24, 2.45) is 11.8 Å². The van der Waals surface area contributed by atoms with Gasteiger partial charge < -0.3 is 15.4 Å². The smallest absolute Gasteiger partial charge is 0.319 e. The lowest BCUT2D eigenvalue weighted by Crippen LogP contribution is -2.51. The summed E-state index contributed by atoms with van der Waals surface area (Å²) in [5.74, 6) is -0.716. The fraction of sp³-hybridized carbons (Fsp3) is 0.429. The third-order valence-corrected chi connectivity index (χ3v) is 3.69. The molecule has 2 atom stereocenters. The quantitative estimate of drug-likeness (QED) is 0.838. The van der Waals surface area contributed by atoms with Gasteiger partial charge in [0.2, 0.25) is 0 Å². The molecular formula is C14H18N2O3S. The number of hydrogen-bond acceptors (Lipinski definition) is 4. The molecule has 2 rings (SSSR count). The first-order chi connectivity index (χ1) is 9.49. The van der Waals surface area contributed by atoms with Gasteiger partial charge in [-0.1, -0.05) is 20.4 Å². The van der Waals surface area contributed by atoms with Crippen LogP contribution in [-0.4, -0.2) is 18.6 Å². The van der Waals surface area contributed by atoms with Crippen molar-refractivity contribution in [1.82, 2.24) is 10.6 Å². The van der Waals surface area contributed by atoms with Crippen molar-refractivity contribution in [1.29, 1.82) is 0 Å². The molecule has 1 saturated heterocycles. The van der Waals surface area contributed by atoms with Crippen LogP contribution in [0.3, 0.4) is 0 Å². The first-order valence-electron chi connectivity index (χ1n) is 6.44. The van der Waals surface area contributed by atoms with Crippen LogP contribution in [0.25, 0.3) is 0 Å². The van der Waals surface area contributed by atoms with Gasteiger partial charge in [0.1, 0.15) is 5.92 Å². The maximum atomic E-state index is 12.3. The third kappa shape index (κ3) is 3.19. The van der Waals surface area contributed by atoms with Gasteiger partial charge in [0, 0.05) is 5.70 Å². The highest BCUT2D eigenvalue weighted by Gasteiger charge is 2.39. The molecule has 1 aliphatic heterocycles. The number of ether oxygens (including phenoxy) is 1. The van der Waals surface area contributed by atoms with Crippen molar-refractivity contribution in [3.8, 4) is 0 Å². The van der Waals surface area contributed by atoms with E-state index in [0.717, 1.165) is 5.56 Å². The highest BCUT2D eigenvalue weighted by molar-refractivity contribution is 7.08. The summed E-state index contributed by atoms with van der Waals surface area (Å²) in [6.07, 6.45) is 0. The lowest BCUT2D eigenvalue weighted by molar-refractivity contribution is -0.149. The number of carbonyl (C=O) groups excluding carboxylic acids is 2. The molecular weight excluding hydrogens is 276 g/mol. The van der Waals surface area contributed by atoms with Crippen LogP contribution in [0.4, 0.5) is 4.79 Å². The van der Waals surface area contributed by atoms with Crippen LogP contribution in [0.2, 0.25) is 0 Å². The number of nitrogens with one attached hydrogen (secondary N) is 2. The van der Waals surface area contributed by atoms with E-state index < -0.39 is 12.0 Å². The van der Waals surface area contributed by atoms with Crippen LogP contribution >= 0.6 is 11.3 Å². The molecule has 0 unspecified atom stereocenters. The third-order valence-electron chi connectivity index (χ3n) is 2.98. The Morgan fingerprint density at radius 1 is 1.55 bits per heavy atom. The summed E-state index contributed by atoms with van der Waals surface area (Å²) >= 11 is 1.51. The van der Waals surface area contributed by atoms with Crippen molar-refractivity contribution in [3.63, 3.8) is 0 Å². The predicted octanol–water partition coefficient (Wildman–Crippen LogP) is 2.43. The molecule has 1 fully saturated rings. The van der Waals surface area contributed by atoms with Gasteiger partial charge in [-0.2, -0.15) is 11.3 Å². The zero-order chi connectivity index (χ0) is 14.7. The summed E-state index contributed by atoms with van der Waals surface area (Å²) in [5, 5.41) is 9.13. The van der Waals surface area contributed by atoms with E-state index in [1.54, 1.807) is 0 Å². The van der Waals surface area contributed by atoms with E-state index in [4.69, 9.17) is 4.74 Å². The van der Waals surface area contributed by atoms with Gasteiger partial charge in [-0.25, -0.2) is 4.79 Å². The van der Waals surface area contributed by atoms with Crippen LogP contribution < -0.4 is 10.6 Å². The molecule has 0 saturated carbocycles. The maximum Gasteiger partial charge on any atom is 0.319 e. The molecule has 2 amide bonds. The number of carbonyl (C=O) groups is 2. The first-order valence-corrected chi connectivity index (χ1v) is 7.38. The summed E-state index contributed by atoms with van der Waals surface area (Å²) in [7, 11) is 0. The lowest BCUT2D eigenvalue weighted by atomic mass is 9.90. The van der Waals surface area contributed by atoms with Crippen LogP contribution in [0, 0.1) is 11.8 Å². The average Bonchev–Trinajstić information content (AvgIpc) is 2.88. The maximum absolute atomic E-state index is 12.3. The Bertz CT molecular complexity index is 510. The molecule has 6 heteroatoms. The van der Waals surface area contributed by atoms with Crippen LogP contribution in [0.1, 0.15) is 25.5 Å². The van der Waals surface area contributed by atoms with E-state index >= 15 is 0 Å². The molecule has 20 heavy (non-hydrogen) atoms. The molecule has 0 aliphatic carbocycles.